The number of hydrogen-bond acceptors (Lipinski definition) is 4. The van der Waals surface area contributed by atoms with Crippen LogP contribution in [0.4, 0.5) is 0 Å². The molecule has 0 aromatic rings. The topological polar surface area (TPSA) is 52.6 Å². The quantitative estimate of drug-likeness (QED) is 0.351. The molecule has 0 saturated carbocycles. The first-order valence-electron chi connectivity index (χ1n) is 7.36. The van der Waals surface area contributed by atoms with E-state index in [4.69, 9.17) is 9.47 Å². The number of esters is 2. The molecule has 0 aliphatic heterocycles. The van der Waals surface area contributed by atoms with Crippen LogP contribution in [-0.4, -0.2) is 25.2 Å². The van der Waals surface area contributed by atoms with E-state index in [9.17, 15) is 9.59 Å². The molecular weight excluding hydrogens is 268 g/mol. The van der Waals surface area contributed by atoms with Gasteiger partial charge in [0.25, 0.3) is 0 Å². The molecule has 0 radical (unpaired) electrons. The maximum absolute atomic E-state index is 12.4. The smallest absolute Gasteiger partial charge is 0.324 e. The van der Waals surface area contributed by atoms with Gasteiger partial charge in [-0.3, -0.25) is 9.59 Å². The van der Waals surface area contributed by atoms with Crippen LogP contribution in [0.15, 0.2) is 25.3 Å². The fourth-order valence-corrected chi connectivity index (χ4v) is 1.75. The van der Waals surface area contributed by atoms with Crippen LogP contribution in [0.25, 0.3) is 0 Å². The SMILES string of the molecule is C=CCC(CC=C)(C(=O)OCC(C)C)C(=O)OCC(C)C. The third-order valence-corrected chi connectivity index (χ3v) is 2.86. The molecule has 120 valence electrons. The van der Waals surface area contributed by atoms with Gasteiger partial charge in [0.1, 0.15) is 0 Å². The van der Waals surface area contributed by atoms with Crippen molar-refractivity contribution in [2.75, 3.05) is 13.2 Å². The van der Waals surface area contributed by atoms with Crippen LogP contribution >= 0.6 is 0 Å². The average molecular weight is 296 g/mol. The fraction of sp³-hybridized carbons (Fsp3) is 0.647. The first kappa shape index (κ1) is 19.4. The number of carbonyl (C=O) groups is 2. The maximum atomic E-state index is 12.4. The normalized spacial score (nSPS) is 11.3. The maximum Gasteiger partial charge on any atom is 0.324 e. The molecule has 0 amide bonds. The zero-order valence-corrected chi connectivity index (χ0v) is 13.7. The highest BCUT2D eigenvalue weighted by molar-refractivity contribution is 6.00. The summed E-state index contributed by atoms with van der Waals surface area (Å²) in [6.07, 6.45) is 3.42. The summed E-state index contributed by atoms with van der Waals surface area (Å²) in [5.74, 6) is -0.730. The van der Waals surface area contributed by atoms with Gasteiger partial charge in [-0.05, 0) is 24.7 Å². The van der Waals surface area contributed by atoms with Gasteiger partial charge in [-0.25, -0.2) is 0 Å². The second-order valence-corrected chi connectivity index (χ2v) is 6.05. The van der Waals surface area contributed by atoms with Crippen LogP contribution in [0, 0.1) is 17.3 Å². The third-order valence-electron chi connectivity index (χ3n) is 2.86. The molecule has 0 bridgehead atoms. The highest BCUT2D eigenvalue weighted by atomic mass is 16.6. The summed E-state index contributed by atoms with van der Waals surface area (Å²) in [5, 5.41) is 0. The third kappa shape index (κ3) is 6.15. The molecule has 0 saturated heterocycles. The van der Waals surface area contributed by atoms with E-state index >= 15 is 0 Å². The zero-order valence-electron chi connectivity index (χ0n) is 13.7. The Kier molecular flexibility index (Phi) is 8.67. The highest BCUT2D eigenvalue weighted by Gasteiger charge is 2.47. The summed E-state index contributed by atoms with van der Waals surface area (Å²) in [5.41, 5.74) is -1.37. The Morgan fingerprint density at radius 3 is 1.48 bits per heavy atom. The fourth-order valence-electron chi connectivity index (χ4n) is 1.75. The number of ether oxygens (including phenoxy) is 2. The molecule has 21 heavy (non-hydrogen) atoms. The summed E-state index contributed by atoms with van der Waals surface area (Å²) in [4.78, 5) is 24.8. The van der Waals surface area contributed by atoms with E-state index in [1.54, 1.807) is 0 Å². The molecular formula is C17H28O4. The Morgan fingerprint density at radius 2 is 1.24 bits per heavy atom. The number of allylic oxidation sites excluding steroid dienone is 2. The molecule has 0 aliphatic carbocycles. The van der Waals surface area contributed by atoms with Crippen LogP contribution in [0.1, 0.15) is 40.5 Å². The first-order chi connectivity index (χ1) is 9.80. The van der Waals surface area contributed by atoms with Crippen LogP contribution < -0.4 is 0 Å². The Bertz CT molecular complexity index is 333. The number of rotatable bonds is 10. The van der Waals surface area contributed by atoms with Crippen molar-refractivity contribution in [3.05, 3.63) is 25.3 Å². The van der Waals surface area contributed by atoms with Crippen molar-refractivity contribution in [3.8, 4) is 0 Å². The van der Waals surface area contributed by atoms with Gasteiger partial charge in [-0.1, -0.05) is 39.8 Å². The molecule has 4 heteroatoms. The lowest BCUT2D eigenvalue weighted by atomic mass is 9.81. The van der Waals surface area contributed by atoms with E-state index in [0.29, 0.717) is 0 Å². The molecule has 0 aromatic carbocycles. The minimum Gasteiger partial charge on any atom is -0.465 e. The Hall–Kier alpha value is -1.58. The predicted molar refractivity (Wildman–Crippen MR) is 83.7 cm³/mol. The first-order valence-corrected chi connectivity index (χ1v) is 7.36. The lowest BCUT2D eigenvalue weighted by molar-refractivity contribution is -0.173. The molecule has 0 aliphatic rings. The molecule has 0 aromatic heterocycles. The molecule has 0 atom stereocenters. The van der Waals surface area contributed by atoms with Gasteiger partial charge >= 0.3 is 11.9 Å². The van der Waals surface area contributed by atoms with Crippen LogP contribution in [0.5, 0.6) is 0 Å². The summed E-state index contributed by atoms with van der Waals surface area (Å²) < 4.78 is 10.5. The van der Waals surface area contributed by atoms with E-state index in [-0.39, 0.29) is 37.9 Å². The van der Waals surface area contributed by atoms with E-state index < -0.39 is 17.4 Å². The second-order valence-electron chi connectivity index (χ2n) is 6.05. The summed E-state index contributed by atoms with van der Waals surface area (Å²) in [6.45, 7) is 15.6. The van der Waals surface area contributed by atoms with E-state index in [0.717, 1.165) is 0 Å². The van der Waals surface area contributed by atoms with E-state index in [1.807, 2.05) is 27.7 Å². The average Bonchev–Trinajstić information content (AvgIpc) is 2.41. The van der Waals surface area contributed by atoms with Gasteiger partial charge in [0, 0.05) is 0 Å². The van der Waals surface area contributed by atoms with Gasteiger partial charge < -0.3 is 9.47 Å². The summed E-state index contributed by atoms with van der Waals surface area (Å²) >= 11 is 0. The molecule has 0 N–H and O–H groups in total. The Morgan fingerprint density at radius 1 is 0.905 bits per heavy atom. The minimum atomic E-state index is -1.37. The van der Waals surface area contributed by atoms with Crippen molar-refractivity contribution in [1.82, 2.24) is 0 Å². The molecule has 0 unspecified atom stereocenters. The van der Waals surface area contributed by atoms with Gasteiger partial charge in [-0.15, -0.1) is 13.2 Å². The van der Waals surface area contributed by atoms with Crippen molar-refractivity contribution < 1.29 is 19.1 Å². The zero-order chi connectivity index (χ0) is 16.5. The van der Waals surface area contributed by atoms with Gasteiger partial charge in [0.2, 0.25) is 0 Å². The van der Waals surface area contributed by atoms with Crippen molar-refractivity contribution in [1.29, 1.82) is 0 Å². The number of hydrogen-bond donors (Lipinski definition) is 0. The number of carbonyl (C=O) groups excluding carboxylic acids is 2. The van der Waals surface area contributed by atoms with Crippen LogP contribution in [0.3, 0.4) is 0 Å². The monoisotopic (exact) mass is 296 g/mol. The van der Waals surface area contributed by atoms with E-state index in [1.165, 1.54) is 12.2 Å². The van der Waals surface area contributed by atoms with Crippen molar-refractivity contribution in [3.63, 3.8) is 0 Å². The lowest BCUT2D eigenvalue weighted by Crippen LogP contribution is -2.42. The van der Waals surface area contributed by atoms with Crippen molar-refractivity contribution in [2.24, 2.45) is 17.3 Å². The molecule has 0 spiro atoms. The molecule has 0 rings (SSSR count). The summed E-state index contributed by atoms with van der Waals surface area (Å²) in [7, 11) is 0. The second kappa shape index (κ2) is 9.37. The lowest BCUT2D eigenvalue weighted by Gasteiger charge is -2.28. The van der Waals surface area contributed by atoms with Gasteiger partial charge in [-0.2, -0.15) is 0 Å². The van der Waals surface area contributed by atoms with Gasteiger partial charge in [0.15, 0.2) is 5.41 Å². The molecule has 0 heterocycles. The molecule has 4 nitrogen and oxygen atoms in total. The summed E-state index contributed by atoms with van der Waals surface area (Å²) in [6, 6.07) is 0. The Labute approximate surface area is 128 Å². The Balaban J connectivity index is 5.20. The largest absolute Gasteiger partial charge is 0.465 e. The van der Waals surface area contributed by atoms with E-state index in [2.05, 4.69) is 13.2 Å². The predicted octanol–water partition coefficient (Wildman–Crippen LogP) is 3.52. The van der Waals surface area contributed by atoms with Crippen molar-refractivity contribution in [2.45, 2.75) is 40.5 Å². The van der Waals surface area contributed by atoms with Crippen LogP contribution in [0.2, 0.25) is 0 Å². The van der Waals surface area contributed by atoms with Gasteiger partial charge in [0.05, 0.1) is 13.2 Å². The van der Waals surface area contributed by atoms with Crippen LogP contribution in [-0.2, 0) is 19.1 Å². The van der Waals surface area contributed by atoms with Crippen molar-refractivity contribution >= 4 is 11.9 Å². The minimum absolute atomic E-state index is 0.173. The standard InChI is InChI=1S/C17H28O4/c1-7-9-17(10-8-2,15(18)20-11-13(3)4)16(19)21-12-14(5)6/h7-8,13-14H,1-2,9-12H2,3-6H3. The highest BCUT2D eigenvalue weighted by Crippen LogP contribution is 2.32. The molecule has 0 fully saturated rings.